The monoisotopic (exact) mass is 372 g/mol. The second-order valence-corrected chi connectivity index (χ2v) is 13.7. The van der Waals surface area contributed by atoms with Crippen LogP contribution >= 0.6 is 7.26 Å². The molecule has 0 aliphatic heterocycles. The Hall–Kier alpha value is 0.430. The van der Waals surface area contributed by atoms with Gasteiger partial charge in [-0.15, -0.1) is 0 Å². The van der Waals surface area contributed by atoms with Gasteiger partial charge in [0.2, 0.25) is 0 Å². The summed E-state index contributed by atoms with van der Waals surface area (Å²) in [6.07, 6.45) is 30.2. The first-order valence-corrected chi connectivity index (χ1v) is 15.1. The van der Waals surface area contributed by atoms with Crippen molar-refractivity contribution in [3.63, 3.8) is 0 Å². The molecule has 0 aliphatic rings. The molecule has 0 heterocycles. The standard InChI is InChI=1S/C24H53P/c1-5-9-13-14-15-16-20-24-25(21-17-10-6-2,22-18-11-7-3)23-19-12-8-4/h25H,5-24H2,1-4H3. The van der Waals surface area contributed by atoms with Gasteiger partial charge in [0.1, 0.15) is 0 Å². The third-order valence-corrected chi connectivity index (χ3v) is 11.9. The van der Waals surface area contributed by atoms with Gasteiger partial charge in [-0.1, -0.05) is 0 Å². The number of hydrogen-bond acceptors (Lipinski definition) is 0. The van der Waals surface area contributed by atoms with E-state index in [-0.39, 0.29) is 0 Å². The third-order valence-electron chi connectivity index (χ3n) is 6.24. The van der Waals surface area contributed by atoms with Crippen LogP contribution in [0.25, 0.3) is 0 Å². The van der Waals surface area contributed by atoms with Crippen molar-refractivity contribution < 1.29 is 0 Å². The molecule has 0 saturated carbocycles. The molecule has 0 nitrogen and oxygen atoms in total. The van der Waals surface area contributed by atoms with Crippen LogP contribution in [0.3, 0.4) is 0 Å². The zero-order valence-corrected chi connectivity index (χ0v) is 19.6. The molecule has 0 aromatic heterocycles. The van der Waals surface area contributed by atoms with E-state index < -0.39 is 7.26 Å². The van der Waals surface area contributed by atoms with Crippen LogP contribution in [0.2, 0.25) is 0 Å². The number of unbranched alkanes of at least 4 members (excludes halogenated alkanes) is 12. The predicted molar refractivity (Wildman–Crippen MR) is 124 cm³/mol. The summed E-state index contributed by atoms with van der Waals surface area (Å²) in [6.45, 7) is 9.43. The van der Waals surface area contributed by atoms with E-state index in [9.17, 15) is 0 Å². The Morgan fingerprint density at radius 2 is 0.560 bits per heavy atom. The van der Waals surface area contributed by atoms with Gasteiger partial charge in [-0.2, -0.15) is 0 Å². The summed E-state index contributed by atoms with van der Waals surface area (Å²) in [5.41, 5.74) is 0. The first-order valence-electron chi connectivity index (χ1n) is 12.2. The molecule has 0 rings (SSSR count). The molecule has 0 fully saturated rings. The molecule has 0 N–H and O–H groups in total. The average Bonchev–Trinajstić information content (AvgIpc) is 2.61. The van der Waals surface area contributed by atoms with E-state index in [4.69, 9.17) is 0 Å². The molecule has 0 aliphatic carbocycles. The van der Waals surface area contributed by atoms with E-state index in [2.05, 4.69) is 27.7 Å². The Bertz CT molecular complexity index is 222. The van der Waals surface area contributed by atoms with Gasteiger partial charge in [0, 0.05) is 0 Å². The molecular weight excluding hydrogens is 319 g/mol. The molecule has 154 valence electrons. The fourth-order valence-electron chi connectivity index (χ4n) is 4.46. The predicted octanol–water partition coefficient (Wildman–Crippen LogP) is 9.06. The van der Waals surface area contributed by atoms with Crippen LogP contribution in [0.4, 0.5) is 0 Å². The van der Waals surface area contributed by atoms with Crippen molar-refractivity contribution in [1.29, 1.82) is 0 Å². The Balaban J connectivity index is 4.43. The molecule has 25 heavy (non-hydrogen) atoms. The molecule has 0 radical (unpaired) electrons. The van der Waals surface area contributed by atoms with Gasteiger partial charge in [-0.25, -0.2) is 0 Å². The van der Waals surface area contributed by atoms with E-state index in [0.29, 0.717) is 0 Å². The third kappa shape index (κ3) is 15.2. The Morgan fingerprint density at radius 1 is 0.320 bits per heavy atom. The molecule has 0 saturated heterocycles. The fraction of sp³-hybridized carbons (Fsp3) is 1.00. The first kappa shape index (κ1) is 25.4. The van der Waals surface area contributed by atoms with Crippen LogP contribution in [0.5, 0.6) is 0 Å². The van der Waals surface area contributed by atoms with Crippen LogP contribution in [0.15, 0.2) is 0 Å². The summed E-state index contributed by atoms with van der Waals surface area (Å²) in [7, 11) is -0.983. The van der Waals surface area contributed by atoms with Crippen molar-refractivity contribution in [2.75, 3.05) is 24.6 Å². The quantitative estimate of drug-likeness (QED) is 0.148. The van der Waals surface area contributed by atoms with Crippen LogP contribution in [-0.2, 0) is 0 Å². The summed E-state index contributed by atoms with van der Waals surface area (Å²) in [6, 6.07) is 0. The zero-order valence-electron chi connectivity index (χ0n) is 18.6. The minimum absolute atomic E-state index is 0.983. The zero-order chi connectivity index (χ0) is 18.6. The molecule has 0 unspecified atom stereocenters. The molecule has 0 aromatic carbocycles. The minimum atomic E-state index is -0.983. The maximum absolute atomic E-state index is 2.37. The number of hydrogen-bond donors (Lipinski definition) is 0. The topological polar surface area (TPSA) is 0 Å². The van der Waals surface area contributed by atoms with Gasteiger partial charge < -0.3 is 0 Å². The first-order chi connectivity index (χ1) is 12.2. The molecule has 0 aromatic rings. The van der Waals surface area contributed by atoms with Crippen LogP contribution in [0, 0.1) is 0 Å². The van der Waals surface area contributed by atoms with Crippen LogP contribution in [0.1, 0.15) is 130 Å². The summed E-state index contributed by atoms with van der Waals surface area (Å²) in [5, 5.41) is 0. The summed E-state index contributed by atoms with van der Waals surface area (Å²) in [5.74, 6) is 0. The van der Waals surface area contributed by atoms with Gasteiger partial charge in [0.15, 0.2) is 0 Å². The molecule has 0 atom stereocenters. The van der Waals surface area contributed by atoms with Gasteiger partial charge in [0.05, 0.1) is 0 Å². The molecule has 0 bridgehead atoms. The Labute approximate surface area is 162 Å². The van der Waals surface area contributed by atoms with Crippen molar-refractivity contribution >= 4 is 7.26 Å². The molecule has 1 heteroatoms. The molecular formula is C24H53P. The van der Waals surface area contributed by atoms with Gasteiger partial charge in [-0.3, -0.25) is 0 Å². The normalized spacial score (nSPS) is 12.6. The Morgan fingerprint density at radius 3 is 0.920 bits per heavy atom. The summed E-state index contributed by atoms with van der Waals surface area (Å²) >= 11 is 0. The van der Waals surface area contributed by atoms with Gasteiger partial charge in [-0.05, 0) is 0 Å². The second kappa shape index (κ2) is 19.2. The van der Waals surface area contributed by atoms with E-state index in [1.807, 2.05) is 0 Å². The van der Waals surface area contributed by atoms with E-state index in [0.717, 1.165) is 0 Å². The average molecular weight is 373 g/mol. The van der Waals surface area contributed by atoms with Crippen molar-refractivity contribution in [2.24, 2.45) is 0 Å². The van der Waals surface area contributed by atoms with Gasteiger partial charge in [0.25, 0.3) is 0 Å². The maximum atomic E-state index is 2.37. The van der Waals surface area contributed by atoms with Crippen molar-refractivity contribution in [3.05, 3.63) is 0 Å². The van der Waals surface area contributed by atoms with Gasteiger partial charge >= 0.3 is 162 Å². The molecule has 0 amide bonds. The SMILES string of the molecule is CCCCCCCCC[PH](CCCCC)(CCCCC)CCCCC. The van der Waals surface area contributed by atoms with E-state index in [1.54, 1.807) is 31.1 Å². The fourth-order valence-corrected chi connectivity index (χ4v) is 9.96. The summed E-state index contributed by atoms with van der Waals surface area (Å²) in [4.78, 5) is 0. The second-order valence-electron chi connectivity index (χ2n) is 8.74. The van der Waals surface area contributed by atoms with Crippen LogP contribution in [-0.4, -0.2) is 24.6 Å². The Kier molecular flexibility index (Phi) is 19.5. The molecule has 0 spiro atoms. The van der Waals surface area contributed by atoms with E-state index >= 15 is 0 Å². The number of rotatable bonds is 20. The van der Waals surface area contributed by atoms with E-state index in [1.165, 1.54) is 96.3 Å². The van der Waals surface area contributed by atoms with Crippen molar-refractivity contribution in [3.8, 4) is 0 Å². The summed E-state index contributed by atoms with van der Waals surface area (Å²) < 4.78 is 0. The van der Waals surface area contributed by atoms with Crippen molar-refractivity contribution in [2.45, 2.75) is 130 Å². The van der Waals surface area contributed by atoms with Crippen LogP contribution < -0.4 is 0 Å². The van der Waals surface area contributed by atoms with Crippen molar-refractivity contribution in [1.82, 2.24) is 0 Å².